The van der Waals surface area contributed by atoms with Gasteiger partial charge in [-0.05, 0) is 37.1 Å². The first-order valence-electron chi connectivity index (χ1n) is 10.4. The molecular formula is C26H30O6. The summed E-state index contributed by atoms with van der Waals surface area (Å²) in [6.45, 7) is 10.3. The summed E-state index contributed by atoms with van der Waals surface area (Å²) in [6.07, 6.45) is -2.03. The maximum Gasteiger partial charge on any atom is 0.160 e. The molecule has 0 aliphatic heterocycles. The smallest absolute Gasteiger partial charge is 0.160 e. The zero-order chi connectivity index (χ0) is 23.7. The molecule has 0 saturated carbocycles. The molecule has 6 nitrogen and oxygen atoms in total. The lowest BCUT2D eigenvalue weighted by Gasteiger charge is -2.18. The number of hydrogen-bond acceptors (Lipinski definition) is 6. The van der Waals surface area contributed by atoms with Crippen molar-refractivity contribution in [1.29, 1.82) is 0 Å². The summed E-state index contributed by atoms with van der Waals surface area (Å²) in [5.41, 5.74) is 2.24. The van der Waals surface area contributed by atoms with E-state index in [1.54, 1.807) is 38.1 Å². The Bertz CT molecular complexity index is 898. The van der Waals surface area contributed by atoms with Crippen LogP contribution in [-0.2, 0) is 9.59 Å². The molecule has 2 N–H and O–H groups in total. The van der Waals surface area contributed by atoms with Gasteiger partial charge >= 0.3 is 0 Å². The predicted octanol–water partition coefficient (Wildman–Crippen LogP) is 3.90. The lowest BCUT2D eigenvalue weighted by Crippen LogP contribution is -2.22. The Morgan fingerprint density at radius 2 is 1.09 bits per heavy atom. The first-order chi connectivity index (χ1) is 15.2. The van der Waals surface area contributed by atoms with Crippen LogP contribution in [0, 0.1) is 0 Å². The van der Waals surface area contributed by atoms with Crippen molar-refractivity contribution in [3.63, 3.8) is 0 Å². The molecule has 0 aliphatic carbocycles. The molecule has 2 aromatic rings. The summed E-state index contributed by atoms with van der Waals surface area (Å²) < 4.78 is 11.6. The Hall–Kier alpha value is -3.22. The number of carbonyl (C=O) groups is 2. The number of aliphatic hydroxyl groups is 2. The molecule has 6 heteroatoms. The molecule has 2 rings (SSSR count). The van der Waals surface area contributed by atoms with Gasteiger partial charge in [-0.15, -0.1) is 0 Å². The second-order valence-electron chi connectivity index (χ2n) is 7.74. The van der Waals surface area contributed by atoms with Crippen molar-refractivity contribution in [3.05, 3.63) is 72.8 Å². The van der Waals surface area contributed by atoms with Gasteiger partial charge in [0.05, 0.1) is 12.2 Å². The van der Waals surface area contributed by atoms with Gasteiger partial charge in [0.25, 0.3) is 0 Å². The molecule has 0 bridgehead atoms. The van der Waals surface area contributed by atoms with Crippen LogP contribution in [0.4, 0.5) is 0 Å². The predicted molar refractivity (Wildman–Crippen MR) is 124 cm³/mol. The Balaban J connectivity index is 2.12. The minimum Gasteiger partial charge on any atom is -0.490 e. The van der Waals surface area contributed by atoms with Crippen LogP contribution in [0.5, 0.6) is 11.5 Å². The number of aliphatic hydroxyl groups excluding tert-OH is 2. The van der Waals surface area contributed by atoms with E-state index in [9.17, 15) is 19.8 Å². The van der Waals surface area contributed by atoms with E-state index in [2.05, 4.69) is 13.2 Å². The van der Waals surface area contributed by atoms with E-state index in [1.165, 1.54) is 0 Å². The van der Waals surface area contributed by atoms with E-state index in [1.807, 2.05) is 24.3 Å². The molecule has 0 aromatic heterocycles. The van der Waals surface area contributed by atoms with Crippen LogP contribution in [0.25, 0.3) is 11.1 Å². The van der Waals surface area contributed by atoms with Gasteiger partial charge in [-0.3, -0.25) is 9.59 Å². The van der Waals surface area contributed by atoms with Gasteiger partial charge in [0, 0.05) is 24.0 Å². The van der Waals surface area contributed by atoms with Crippen LogP contribution in [0.3, 0.4) is 0 Å². The van der Waals surface area contributed by atoms with Crippen LogP contribution in [0.15, 0.2) is 72.8 Å². The highest BCUT2D eigenvalue weighted by molar-refractivity contribution is 5.94. The molecule has 0 spiro atoms. The molecule has 0 saturated heterocycles. The van der Waals surface area contributed by atoms with Crippen LogP contribution in [-0.4, -0.2) is 47.2 Å². The number of ketones is 2. The Kier molecular flexibility index (Phi) is 9.38. The van der Waals surface area contributed by atoms with Crippen molar-refractivity contribution < 1.29 is 29.3 Å². The molecule has 170 valence electrons. The van der Waals surface area contributed by atoms with E-state index in [-0.39, 0.29) is 37.6 Å². The summed E-state index contributed by atoms with van der Waals surface area (Å²) in [5, 5.41) is 20.3. The van der Waals surface area contributed by atoms with Crippen molar-refractivity contribution >= 4 is 11.6 Å². The number of benzene rings is 2. The van der Waals surface area contributed by atoms with Crippen molar-refractivity contribution in [2.45, 2.75) is 38.9 Å². The topological polar surface area (TPSA) is 93.1 Å². The molecule has 0 amide bonds. The van der Waals surface area contributed by atoms with E-state index in [0.29, 0.717) is 22.6 Å². The van der Waals surface area contributed by atoms with Crippen LogP contribution < -0.4 is 9.47 Å². The van der Waals surface area contributed by atoms with Crippen molar-refractivity contribution in [3.8, 4) is 22.6 Å². The fraction of sp³-hybridized carbons (Fsp3) is 0.308. The molecular weight excluding hydrogens is 408 g/mol. The summed E-state index contributed by atoms with van der Waals surface area (Å²) in [5.74, 6) is 0.611. The molecule has 0 fully saturated rings. The lowest BCUT2D eigenvalue weighted by atomic mass is 10.0. The fourth-order valence-corrected chi connectivity index (χ4v) is 2.90. The normalized spacial score (nSPS) is 12.5. The standard InChI is InChI=1S/C26H30O6/c1-17(2)23(29)13-19(27)15-31-25-11-7-5-9-21(25)22-10-6-8-12-26(22)32-16-20(28)14-24(30)18(3)4/h5-12,19-20,27-28H,1,3,13-16H2,2,4H3. The third kappa shape index (κ3) is 7.48. The van der Waals surface area contributed by atoms with Gasteiger partial charge in [-0.2, -0.15) is 0 Å². The third-order valence-corrected chi connectivity index (χ3v) is 4.72. The molecule has 2 atom stereocenters. The molecule has 32 heavy (non-hydrogen) atoms. The first kappa shape index (κ1) is 25.0. The van der Waals surface area contributed by atoms with E-state index < -0.39 is 12.2 Å². The molecule has 0 heterocycles. The third-order valence-electron chi connectivity index (χ3n) is 4.72. The van der Waals surface area contributed by atoms with Crippen molar-refractivity contribution in [2.75, 3.05) is 13.2 Å². The van der Waals surface area contributed by atoms with E-state index in [4.69, 9.17) is 9.47 Å². The quantitative estimate of drug-likeness (QED) is 0.461. The summed E-state index contributed by atoms with van der Waals surface area (Å²) in [4.78, 5) is 23.5. The lowest BCUT2D eigenvalue weighted by molar-refractivity contribution is -0.118. The molecule has 0 radical (unpaired) electrons. The van der Waals surface area contributed by atoms with E-state index in [0.717, 1.165) is 11.1 Å². The zero-order valence-electron chi connectivity index (χ0n) is 18.5. The van der Waals surface area contributed by atoms with Gasteiger partial charge in [0.2, 0.25) is 0 Å². The minimum absolute atomic E-state index is 0.0548. The van der Waals surface area contributed by atoms with Crippen molar-refractivity contribution in [2.24, 2.45) is 0 Å². The van der Waals surface area contributed by atoms with Gasteiger partial charge in [0.1, 0.15) is 24.7 Å². The molecule has 0 aliphatic rings. The fourth-order valence-electron chi connectivity index (χ4n) is 2.90. The highest BCUT2D eigenvalue weighted by Gasteiger charge is 2.17. The number of allylic oxidation sites excluding steroid dienone is 2. The first-order valence-corrected chi connectivity index (χ1v) is 10.4. The summed E-state index contributed by atoms with van der Waals surface area (Å²) in [7, 11) is 0. The zero-order valence-corrected chi connectivity index (χ0v) is 18.5. The number of rotatable bonds is 13. The maximum absolute atomic E-state index is 11.8. The molecule has 2 unspecified atom stereocenters. The van der Waals surface area contributed by atoms with E-state index >= 15 is 0 Å². The Labute approximate surface area is 188 Å². The minimum atomic E-state index is -0.959. The number of carbonyl (C=O) groups excluding carboxylic acids is 2. The number of para-hydroxylation sites is 2. The summed E-state index contributed by atoms with van der Waals surface area (Å²) >= 11 is 0. The van der Waals surface area contributed by atoms with Gasteiger partial charge < -0.3 is 19.7 Å². The summed E-state index contributed by atoms with van der Waals surface area (Å²) in [6, 6.07) is 14.5. The van der Waals surface area contributed by atoms with Crippen LogP contribution in [0.2, 0.25) is 0 Å². The highest BCUT2D eigenvalue weighted by atomic mass is 16.5. The Morgan fingerprint density at radius 1 is 0.750 bits per heavy atom. The monoisotopic (exact) mass is 438 g/mol. The Morgan fingerprint density at radius 3 is 1.44 bits per heavy atom. The highest BCUT2D eigenvalue weighted by Crippen LogP contribution is 2.36. The number of hydrogen-bond donors (Lipinski definition) is 2. The van der Waals surface area contributed by atoms with Crippen molar-refractivity contribution in [1.82, 2.24) is 0 Å². The number of ether oxygens (including phenoxy) is 2. The average Bonchev–Trinajstić information content (AvgIpc) is 2.76. The van der Waals surface area contributed by atoms with Gasteiger partial charge in [-0.1, -0.05) is 49.6 Å². The van der Waals surface area contributed by atoms with Crippen LogP contribution >= 0.6 is 0 Å². The SMILES string of the molecule is C=C(C)C(=O)CC(O)COc1ccccc1-c1ccccc1OCC(O)CC(=O)C(=C)C. The van der Waals surface area contributed by atoms with Crippen LogP contribution in [0.1, 0.15) is 26.7 Å². The maximum atomic E-state index is 11.8. The van der Waals surface area contributed by atoms with Gasteiger partial charge in [-0.25, -0.2) is 0 Å². The average molecular weight is 439 g/mol. The number of Topliss-reactive ketones (excluding diaryl/α,β-unsaturated/α-hetero) is 2. The largest absolute Gasteiger partial charge is 0.490 e. The molecule has 2 aromatic carbocycles. The van der Waals surface area contributed by atoms with Gasteiger partial charge in [0.15, 0.2) is 11.6 Å². The second kappa shape index (κ2) is 12.0. The second-order valence-corrected chi connectivity index (χ2v) is 7.74.